The summed E-state index contributed by atoms with van der Waals surface area (Å²) in [4.78, 5) is 17.3. The first-order valence-electron chi connectivity index (χ1n) is 9.43. The van der Waals surface area contributed by atoms with Crippen molar-refractivity contribution in [1.29, 1.82) is 0 Å². The molecule has 0 spiro atoms. The van der Waals surface area contributed by atoms with E-state index in [4.69, 9.17) is 0 Å². The van der Waals surface area contributed by atoms with Gasteiger partial charge in [-0.3, -0.25) is 4.79 Å². The fourth-order valence-corrected chi connectivity index (χ4v) is 4.13. The number of aryl methyl sites for hydroxylation is 1. The molecule has 0 saturated heterocycles. The van der Waals surface area contributed by atoms with Gasteiger partial charge in [-0.15, -0.1) is 0 Å². The molecule has 0 unspecified atom stereocenters. The quantitative estimate of drug-likeness (QED) is 0.490. The number of rotatable bonds is 2. The normalized spacial score (nSPS) is 16.2. The minimum absolute atomic E-state index is 0.00598. The molecule has 5 rings (SSSR count). The molecule has 2 aromatic carbocycles. The summed E-state index contributed by atoms with van der Waals surface area (Å²) in [6, 6.07) is 12.5. The second-order valence-electron chi connectivity index (χ2n) is 7.40. The minimum Gasteiger partial charge on any atom is -0.294 e. The average molecular weight is 389 g/mol. The van der Waals surface area contributed by atoms with Crippen LogP contribution < -0.4 is 0 Å². The molecule has 6 heteroatoms. The molecule has 0 fully saturated rings. The Labute approximate surface area is 165 Å². The highest BCUT2D eigenvalue weighted by atomic mass is 19.1. The van der Waals surface area contributed by atoms with Gasteiger partial charge in [0.15, 0.2) is 11.4 Å². The van der Waals surface area contributed by atoms with Crippen LogP contribution in [0.5, 0.6) is 0 Å². The van der Waals surface area contributed by atoms with Gasteiger partial charge in [0.2, 0.25) is 0 Å². The number of aromatic nitrogens is 3. The number of nitrogens with zero attached hydrogens (tertiary/aromatic N) is 3. The third-order valence-corrected chi connectivity index (χ3v) is 5.56. The number of hydrogen-bond donors (Lipinski definition) is 0. The van der Waals surface area contributed by atoms with Crippen molar-refractivity contribution in [2.24, 2.45) is 0 Å². The average Bonchev–Trinajstić information content (AvgIpc) is 3.05. The lowest BCUT2D eigenvalue weighted by Gasteiger charge is -2.24. The van der Waals surface area contributed by atoms with Crippen LogP contribution >= 0.6 is 0 Å². The van der Waals surface area contributed by atoms with Gasteiger partial charge in [0, 0.05) is 18.2 Å². The van der Waals surface area contributed by atoms with E-state index in [2.05, 4.69) is 10.1 Å². The Hall–Kier alpha value is -3.41. The largest absolute Gasteiger partial charge is 0.294 e. The van der Waals surface area contributed by atoms with Gasteiger partial charge in [0.25, 0.3) is 0 Å². The van der Waals surface area contributed by atoms with Crippen molar-refractivity contribution in [3.8, 4) is 11.1 Å². The van der Waals surface area contributed by atoms with E-state index < -0.39 is 0 Å². The summed E-state index contributed by atoms with van der Waals surface area (Å²) in [5.41, 5.74) is 5.35. The molecule has 0 amide bonds. The molecule has 2 heterocycles. The smallest absolute Gasteiger partial charge is 0.166 e. The van der Waals surface area contributed by atoms with Gasteiger partial charge >= 0.3 is 0 Å². The summed E-state index contributed by atoms with van der Waals surface area (Å²) >= 11 is 0. The molecule has 0 N–H and O–H groups in total. The van der Waals surface area contributed by atoms with Gasteiger partial charge in [-0.1, -0.05) is 24.3 Å². The van der Waals surface area contributed by atoms with Crippen LogP contribution in [0.4, 0.5) is 8.78 Å². The topological polar surface area (TPSA) is 47.3 Å². The predicted octanol–water partition coefficient (Wildman–Crippen LogP) is 4.90. The van der Waals surface area contributed by atoms with Gasteiger partial charge in [0.1, 0.15) is 11.6 Å². The first-order valence-corrected chi connectivity index (χ1v) is 9.43. The van der Waals surface area contributed by atoms with Crippen LogP contribution in [0.25, 0.3) is 16.8 Å². The highest BCUT2D eigenvalue weighted by molar-refractivity contribution is 5.99. The van der Waals surface area contributed by atoms with E-state index in [1.165, 1.54) is 24.3 Å². The Morgan fingerprint density at radius 1 is 0.966 bits per heavy atom. The third-order valence-electron chi connectivity index (χ3n) is 5.56. The molecule has 2 aromatic heterocycles. The van der Waals surface area contributed by atoms with Gasteiger partial charge in [-0.25, -0.2) is 18.3 Å². The van der Waals surface area contributed by atoms with Crippen molar-refractivity contribution >= 4 is 11.4 Å². The lowest BCUT2D eigenvalue weighted by Crippen LogP contribution is -2.22. The van der Waals surface area contributed by atoms with E-state index in [-0.39, 0.29) is 23.3 Å². The molecule has 1 aliphatic rings. The molecule has 4 nitrogen and oxygen atoms in total. The van der Waals surface area contributed by atoms with Crippen molar-refractivity contribution < 1.29 is 13.6 Å². The SMILES string of the molecule is Cc1nn2c3c(cnc2c1-c1ccc(F)cc1)C(=O)C[C@@H](c1ccc(F)cc1)C3. The molecule has 0 aliphatic heterocycles. The monoisotopic (exact) mass is 389 g/mol. The van der Waals surface area contributed by atoms with Crippen molar-refractivity contribution in [3.63, 3.8) is 0 Å². The molecule has 1 atom stereocenters. The van der Waals surface area contributed by atoms with Gasteiger partial charge in [-0.2, -0.15) is 5.10 Å². The summed E-state index contributed by atoms with van der Waals surface area (Å²) in [6.07, 6.45) is 2.58. The number of Topliss-reactive ketones (excluding diaryl/α,β-unsaturated/α-hetero) is 1. The molecule has 29 heavy (non-hydrogen) atoms. The number of benzene rings is 2. The Balaban J connectivity index is 1.65. The van der Waals surface area contributed by atoms with E-state index in [0.29, 0.717) is 24.1 Å². The zero-order valence-corrected chi connectivity index (χ0v) is 15.7. The first-order chi connectivity index (χ1) is 14.0. The van der Waals surface area contributed by atoms with Crippen LogP contribution in [0.15, 0.2) is 54.7 Å². The molecule has 144 valence electrons. The van der Waals surface area contributed by atoms with E-state index >= 15 is 0 Å². The number of hydrogen-bond acceptors (Lipinski definition) is 3. The van der Waals surface area contributed by atoms with Crippen LogP contribution in [-0.4, -0.2) is 20.4 Å². The second-order valence-corrected chi connectivity index (χ2v) is 7.40. The van der Waals surface area contributed by atoms with Crippen LogP contribution in [0, 0.1) is 18.6 Å². The number of ketones is 1. The molecule has 0 radical (unpaired) electrons. The fraction of sp³-hybridized carbons (Fsp3) is 0.174. The van der Waals surface area contributed by atoms with Crippen molar-refractivity contribution in [3.05, 3.63) is 88.9 Å². The number of carbonyl (C=O) groups is 1. The Bertz CT molecular complexity index is 1240. The highest BCUT2D eigenvalue weighted by Gasteiger charge is 2.30. The lowest BCUT2D eigenvalue weighted by atomic mass is 9.82. The first kappa shape index (κ1) is 17.7. The maximum absolute atomic E-state index is 13.3. The minimum atomic E-state index is -0.305. The van der Waals surface area contributed by atoms with Crippen molar-refractivity contribution in [1.82, 2.24) is 14.6 Å². The fourth-order valence-electron chi connectivity index (χ4n) is 4.13. The van der Waals surface area contributed by atoms with Crippen LogP contribution in [0.1, 0.15) is 39.6 Å². The maximum atomic E-state index is 13.3. The van der Waals surface area contributed by atoms with Crippen LogP contribution in [0.3, 0.4) is 0 Å². The lowest BCUT2D eigenvalue weighted by molar-refractivity contribution is 0.0962. The van der Waals surface area contributed by atoms with Crippen molar-refractivity contribution in [2.75, 3.05) is 0 Å². The zero-order valence-electron chi connectivity index (χ0n) is 15.7. The van der Waals surface area contributed by atoms with Crippen LogP contribution in [-0.2, 0) is 6.42 Å². The summed E-state index contributed by atoms with van der Waals surface area (Å²) in [5.74, 6) is -0.637. The zero-order chi connectivity index (χ0) is 20.1. The standard InChI is InChI=1S/C23H17F2N3O/c1-13-22(15-4-8-18(25)9-5-15)23-26-12-19-20(28(23)27-13)10-16(11-21(19)29)14-2-6-17(24)7-3-14/h2-9,12,16H,10-11H2,1H3/t16-/m0/s1. The summed E-state index contributed by atoms with van der Waals surface area (Å²) < 4.78 is 28.4. The summed E-state index contributed by atoms with van der Waals surface area (Å²) in [7, 11) is 0. The molecule has 0 saturated carbocycles. The third kappa shape index (κ3) is 2.92. The molecular formula is C23H17F2N3O. The molecule has 4 aromatic rings. The van der Waals surface area contributed by atoms with E-state index in [0.717, 1.165) is 28.1 Å². The number of halogens is 2. The number of fused-ring (bicyclic) bond motifs is 3. The molecular weight excluding hydrogens is 372 g/mol. The molecule has 0 bridgehead atoms. The second kappa shape index (κ2) is 6.58. The highest BCUT2D eigenvalue weighted by Crippen LogP contribution is 2.35. The Morgan fingerprint density at radius 3 is 2.31 bits per heavy atom. The summed E-state index contributed by atoms with van der Waals surface area (Å²) in [6.45, 7) is 1.88. The van der Waals surface area contributed by atoms with Crippen molar-refractivity contribution in [2.45, 2.75) is 25.7 Å². The van der Waals surface area contributed by atoms with Gasteiger partial charge in [-0.05, 0) is 54.7 Å². The molecule has 1 aliphatic carbocycles. The van der Waals surface area contributed by atoms with E-state index in [1.54, 1.807) is 35.0 Å². The van der Waals surface area contributed by atoms with Crippen LogP contribution in [0.2, 0.25) is 0 Å². The summed E-state index contributed by atoms with van der Waals surface area (Å²) in [5, 5.41) is 4.65. The maximum Gasteiger partial charge on any atom is 0.166 e. The van der Waals surface area contributed by atoms with Gasteiger partial charge in [0.05, 0.1) is 17.0 Å². The van der Waals surface area contributed by atoms with E-state index in [9.17, 15) is 13.6 Å². The number of carbonyl (C=O) groups excluding carboxylic acids is 1. The van der Waals surface area contributed by atoms with E-state index in [1.807, 2.05) is 6.92 Å². The Kier molecular flexibility index (Phi) is 4.01. The Morgan fingerprint density at radius 2 is 1.62 bits per heavy atom. The van der Waals surface area contributed by atoms with Gasteiger partial charge < -0.3 is 0 Å². The predicted molar refractivity (Wildman–Crippen MR) is 105 cm³/mol.